The first kappa shape index (κ1) is 22.5. The Morgan fingerprint density at radius 1 is 1.00 bits per heavy atom. The molecule has 34 heavy (non-hydrogen) atoms. The topological polar surface area (TPSA) is 111 Å². The molecule has 0 bridgehead atoms. The number of carbonyl (C=O) groups is 2. The van der Waals surface area contributed by atoms with Crippen molar-refractivity contribution in [3.63, 3.8) is 0 Å². The third-order valence-corrected chi connectivity index (χ3v) is 4.92. The Morgan fingerprint density at radius 3 is 2.65 bits per heavy atom. The molecule has 0 aliphatic carbocycles. The summed E-state index contributed by atoms with van der Waals surface area (Å²) in [7, 11) is 1.27. The van der Waals surface area contributed by atoms with Crippen LogP contribution in [-0.4, -0.2) is 28.5 Å². The van der Waals surface area contributed by atoms with E-state index in [2.05, 4.69) is 15.6 Å². The van der Waals surface area contributed by atoms with Crippen molar-refractivity contribution < 1.29 is 19.1 Å². The molecule has 2 aromatic heterocycles. The first-order valence-corrected chi connectivity index (χ1v) is 10.4. The number of nitrogens with zero attached hydrogens (tertiary/aromatic N) is 2. The maximum absolute atomic E-state index is 12.5. The van der Waals surface area contributed by atoms with Crippen LogP contribution in [0, 0.1) is 6.92 Å². The molecule has 0 unspecified atom stereocenters. The molecule has 4 aromatic rings. The maximum atomic E-state index is 12.5. The number of carbonyl (C=O) groups excluding carboxylic acids is 2. The molecule has 0 atom stereocenters. The quantitative estimate of drug-likeness (QED) is 0.422. The lowest BCUT2D eigenvalue weighted by atomic mass is 10.2. The number of hydrogen-bond donors (Lipinski definition) is 2. The van der Waals surface area contributed by atoms with Crippen molar-refractivity contribution in [3.8, 4) is 5.75 Å². The molecule has 0 aliphatic rings. The highest BCUT2D eigenvalue weighted by Crippen LogP contribution is 2.20. The van der Waals surface area contributed by atoms with E-state index in [-0.39, 0.29) is 17.7 Å². The molecule has 0 radical (unpaired) electrons. The Kier molecular flexibility index (Phi) is 6.54. The number of amides is 2. The Hall–Kier alpha value is -4.66. The number of pyridine rings is 1. The van der Waals surface area contributed by atoms with Gasteiger partial charge in [-0.2, -0.15) is 0 Å². The first-order valence-electron chi connectivity index (χ1n) is 10.4. The molecule has 0 fully saturated rings. The second kappa shape index (κ2) is 9.86. The molecule has 2 amide bonds. The third kappa shape index (κ3) is 5.21. The average Bonchev–Trinajstić information content (AvgIpc) is 2.83. The highest BCUT2D eigenvalue weighted by atomic mass is 16.5. The van der Waals surface area contributed by atoms with Crippen molar-refractivity contribution in [2.45, 2.75) is 13.5 Å². The molecular weight excluding hydrogens is 436 g/mol. The van der Waals surface area contributed by atoms with E-state index < -0.39 is 12.0 Å². The van der Waals surface area contributed by atoms with Gasteiger partial charge in [0.15, 0.2) is 0 Å². The lowest BCUT2D eigenvalue weighted by molar-refractivity contribution is 0.0602. The predicted octanol–water partition coefficient (Wildman–Crippen LogP) is 4.01. The molecule has 2 N–H and O–H groups in total. The number of para-hydroxylation sites is 1. The van der Waals surface area contributed by atoms with Crippen molar-refractivity contribution in [2.75, 3.05) is 17.7 Å². The zero-order valence-corrected chi connectivity index (χ0v) is 18.6. The summed E-state index contributed by atoms with van der Waals surface area (Å²) in [6, 6.07) is 17.9. The van der Waals surface area contributed by atoms with E-state index in [0.29, 0.717) is 28.5 Å². The minimum absolute atomic E-state index is 0.0851. The van der Waals surface area contributed by atoms with Crippen molar-refractivity contribution >= 4 is 29.0 Å². The van der Waals surface area contributed by atoms with Crippen molar-refractivity contribution in [1.82, 2.24) is 9.38 Å². The van der Waals surface area contributed by atoms with Crippen molar-refractivity contribution in [1.29, 1.82) is 0 Å². The summed E-state index contributed by atoms with van der Waals surface area (Å²) in [6.07, 6.45) is 1.74. The van der Waals surface area contributed by atoms with Gasteiger partial charge in [0.1, 0.15) is 18.0 Å². The van der Waals surface area contributed by atoms with Crippen LogP contribution < -0.4 is 20.9 Å². The van der Waals surface area contributed by atoms with Gasteiger partial charge in [0.25, 0.3) is 5.56 Å². The van der Waals surface area contributed by atoms with E-state index in [1.807, 2.05) is 13.0 Å². The standard InChI is InChI=1S/C25H22N4O5/c1-16-10-11-22-26-18(13-23(30)29(22)14-16)15-34-19-7-5-6-17(12-19)27-25(32)28-21-9-4-3-8-20(21)24(31)33-2/h3-14H,15H2,1-2H3,(H2,27,28,32). The third-order valence-electron chi connectivity index (χ3n) is 4.92. The highest BCUT2D eigenvalue weighted by Gasteiger charge is 2.13. The second-order valence-corrected chi connectivity index (χ2v) is 7.45. The lowest BCUT2D eigenvalue weighted by Crippen LogP contribution is -2.21. The fourth-order valence-corrected chi connectivity index (χ4v) is 3.32. The smallest absolute Gasteiger partial charge is 0.339 e. The number of nitrogens with one attached hydrogen (secondary N) is 2. The minimum Gasteiger partial charge on any atom is -0.487 e. The Morgan fingerprint density at radius 2 is 1.82 bits per heavy atom. The van der Waals surface area contributed by atoms with Gasteiger partial charge in [-0.3, -0.25) is 9.20 Å². The van der Waals surface area contributed by atoms with E-state index in [1.54, 1.807) is 60.8 Å². The van der Waals surface area contributed by atoms with Crippen LogP contribution in [0.3, 0.4) is 0 Å². The van der Waals surface area contributed by atoms with E-state index in [4.69, 9.17) is 9.47 Å². The summed E-state index contributed by atoms with van der Waals surface area (Å²) in [5.74, 6) is -0.0676. The van der Waals surface area contributed by atoms with Crippen LogP contribution in [0.2, 0.25) is 0 Å². The Balaban J connectivity index is 1.42. The summed E-state index contributed by atoms with van der Waals surface area (Å²) < 4.78 is 12.0. The molecular formula is C25H22N4O5. The molecule has 2 heterocycles. The number of aryl methyl sites for hydroxylation is 1. The van der Waals surface area contributed by atoms with Crippen molar-refractivity contribution in [3.05, 3.63) is 100 Å². The Bertz CT molecular complexity index is 1430. The van der Waals surface area contributed by atoms with Gasteiger partial charge in [-0.25, -0.2) is 14.6 Å². The molecule has 172 valence electrons. The van der Waals surface area contributed by atoms with Crippen LogP contribution in [0.25, 0.3) is 5.65 Å². The number of hydrogen-bond acceptors (Lipinski definition) is 6. The lowest BCUT2D eigenvalue weighted by Gasteiger charge is -2.12. The van der Waals surface area contributed by atoms with Gasteiger partial charge in [-0.1, -0.05) is 24.3 Å². The SMILES string of the molecule is COC(=O)c1ccccc1NC(=O)Nc1cccc(OCc2cc(=O)n3cc(C)ccc3n2)c1. The second-order valence-electron chi connectivity index (χ2n) is 7.45. The number of aromatic nitrogens is 2. The monoisotopic (exact) mass is 458 g/mol. The molecule has 9 heteroatoms. The molecule has 0 aliphatic heterocycles. The molecule has 9 nitrogen and oxygen atoms in total. The summed E-state index contributed by atoms with van der Waals surface area (Å²) in [5, 5.41) is 5.34. The highest BCUT2D eigenvalue weighted by molar-refractivity contribution is 6.05. The van der Waals surface area contributed by atoms with Crippen LogP contribution >= 0.6 is 0 Å². The van der Waals surface area contributed by atoms with Crippen LogP contribution in [0.4, 0.5) is 16.2 Å². The fourth-order valence-electron chi connectivity index (χ4n) is 3.32. The zero-order valence-electron chi connectivity index (χ0n) is 18.6. The maximum Gasteiger partial charge on any atom is 0.339 e. The summed E-state index contributed by atoms with van der Waals surface area (Å²) in [5.41, 5.74) is 2.84. The molecule has 0 spiro atoms. The predicted molar refractivity (Wildman–Crippen MR) is 127 cm³/mol. The van der Waals surface area contributed by atoms with Gasteiger partial charge in [-0.05, 0) is 42.8 Å². The number of methoxy groups -OCH3 is 1. The van der Waals surface area contributed by atoms with Crippen LogP contribution in [-0.2, 0) is 11.3 Å². The van der Waals surface area contributed by atoms with Gasteiger partial charge in [-0.15, -0.1) is 0 Å². The average molecular weight is 458 g/mol. The van der Waals surface area contributed by atoms with E-state index >= 15 is 0 Å². The number of esters is 1. The van der Waals surface area contributed by atoms with Gasteiger partial charge in [0.05, 0.1) is 24.1 Å². The van der Waals surface area contributed by atoms with E-state index in [0.717, 1.165) is 5.56 Å². The largest absolute Gasteiger partial charge is 0.487 e. The van der Waals surface area contributed by atoms with Crippen LogP contribution in [0.1, 0.15) is 21.6 Å². The van der Waals surface area contributed by atoms with Gasteiger partial charge >= 0.3 is 12.0 Å². The van der Waals surface area contributed by atoms with Gasteiger partial charge in [0.2, 0.25) is 0 Å². The van der Waals surface area contributed by atoms with Gasteiger partial charge < -0.3 is 20.1 Å². The minimum atomic E-state index is -0.552. The van der Waals surface area contributed by atoms with Crippen LogP contribution in [0.15, 0.2) is 77.7 Å². The molecule has 2 aromatic carbocycles. The number of benzene rings is 2. The molecule has 0 saturated heterocycles. The number of rotatable bonds is 6. The summed E-state index contributed by atoms with van der Waals surface area (Å²) >= 11 is 0. The van der Waals surface area contributed by atoms with Crippen LogP contribution in [0.5, 0.6) is 5.75 Å². The Labute approximate surface area is 195 Å². The number of fused-ring (bicyclic) bond motifs is 1. The van der Waals surface area contributed by atoms with Crippen molar-refractivity contribution in [2.24, 2.45) is 0 Å². The normalized spacial score (nSPS) is 10.5. The first-order chi connectivity index (χ1) is 16.4. The fraction of sp³-hybridized carbons (Fsp3) is 0.120. The summed E-state index contributed by atoms with van der Waals surface area (Å²) in [4.78, 5) is 41.2. The van der Waals surface area contributed by atoms with E-state index in [9.17, 15) is 14.4 Å². The molecule has 4 rings (SSSR count). The van der Waals surface area contributed by atoms with Gasteiger partial charge in [0, 0.05) is 24.0 Å². The zero-order chi connectivity index (χ0) is 24.1. The number of urea groups is 1. The number of anilines is 2. The summed E-state index contributed by atoms with van der Waals surface area (Å²) in [6.45, 7) is 1.99. The number of ether oxygens (including phenoxy) is 2. The van der Waals surface area contributed by atoms with E-state index in [1.165, 1.54) is 17.6 Å². The molecule has 0 saturated carbocycles.